The van der Waals surface area contributed by atoms with Crippen molar-refractivity contribution in [2.24, 2.45) is 5.16 Å². The Morgan fingerprint density at radius 1 is 1.02 bits per heavy atom. The lowest BCUT2D eigenvalue weighted by Crippen LogP contribution is -2.74. The Kier molecular flexibility index (Phi) is 9.97. The largest absolute Gasteiger partial charge is 0.451 e. The van der Waals surface area contributed by atoms with Crippen molar-refractivity contribution in [1.29, 1.82) is 0 Å². The van der Waals surface area contributed by atoms with Crippen molar-refractivity contribution in [3.8, 4) is 0 Å². The Bertz CT molecular complexity index is 1850. The maximum Gasteiger partial charge on any atom is 0.334 e. The number of thioether (sulfide) groups is 1. The quantitative estimate of drug-likeness (QED) is 0.0743. The van der Waals surface area contributed by atoms with Gasteiger partial charge in [0.15, 0.2) is 23.0 Å². The minimum atomic E-state index is -1.12. The summed E-state index contributed by atoms with van der Waals surface area (Å²) in [5.74, 6) is -1.86. The molecule has 2 aromatic heterocycles. The van der Waals surface area contributed by atoms with Gasteiger partial charge in [0.05, 0.1) is 5.69 Å². The highest BCUT2D eigenvalue weighted by Gasteiger charge is 2.56. The van der Waals surface area contributed by atoms with Crippen LogP contribution in [0, 0.1) is 0 Å². The van der Waals surface area contributed by atoms with Crippen molar-refractivity contribution in [1.82, 2.24) is 25.4 Å². The van der Waals surface area contributed by atoms with Crippen LogP contribution in [0.25, 0.3) is 6.08 Å². The highest BCUT2D eigenvalue weighted by Crippen LogP contribution is 2.42. The molecule has 13 nitrogen and oxygen atoms in total. The summed E-state index contributed by atoms with van der Waals surface area (Å²) in [6.45, 7) is 0. The number of ether oxygens (including phenoxy) is 1. The molecule has 1 fully saturated rings. The number of esters is 1. The van der Waals surface area contributed by atoms with Crippen molar-refractivity contribution < 1.29 is 28.8 Å². The molecule has 6 rings (SSSR count). The molecule has 0 aliphatic carbocycles. The lowest BCUT2D eigenvalue weighted by Gasteiger charge is -2.51. The number of thiazole rings is 1. The molecule has 2 N–H and O–H groups in total. The number of hydrogen-bond acceptors (Lipinski definition) is 12. The lowest BCUT2D eigenvalue weighted by molar-refractivity contribution is -0.165. The molecule has 3 atom stereocenters. The normalized spacial score (nSPS) is 18.8. The Morgan fingerprint density at radius 2 is 1.75 bits per heavy atom. The Labute approximate surface area is 282 Å². The number of β-lactam (4-membered cyclic amide) rings is 1. The molecule has 2 aliphatic rings. The van der Waals surface area contributed by atoms with Gasteiger partial charge in [0.25, 0.3) is 5.91 Å². The molecule has 48 heavy (non-hydrogen) atoms. The van der Waals surface area contributed by atoms with E-state index in [1.807, 2.05) is 60.7 Å². The third-order valence-corrected chi connectivity index (χ3v) is 9.29. The van der Waals surface area contributed by atoms with Crippen LogP contribution < -0.4 is 10.6 Å². The number of anilines is 1. The number of carbonyl (C=O) groups excluding carboxylic acids is 4. The van der Waals surface area contributed by atoms with E-state index in [4.69, 9.17) is 9.57 Å². The second-order valence-corrected chi connectivity index (χ2v) is 12.1. The van der Waals surface area contributed by atoms with E-state index in [1.54, 1.807) is 35.9 Å². The van der Waals surface area contributed by atoms with Crippen LogP contribution >= 0.6 is 23.1 Å². The highest BCUT2D eigenvalue weighted by molar-refractivity contribution is 8.03. The first kappa shape index (κ1) is 32.3. The molecule has 3 amide bonds. The van der Waals surface area contributed by atoms with Crippen molar-refractivity contribution in [2.45, 2.75) is 23.6 Å². The van der Waals surface area contributed by atoms with Gasteiger partial charge in [-0.2, -0.15) is 10.2 Å². The Balaban J connectivity index is 1.28. The van der Waals surface area contributed by atoms with E-state index in [2.05, 4.69) is 31.0 Å². The second kappa shape index (κ2) is 14.8. The van der Waals surface area contributed by atoms with Crippen LogP contribution in [0.3, 0.4) is 0 Å². The standard InChI is InChI=1S/C33H27N7O6S2/c1-45-39-25(24-18-48-33(36-24)34-19-41)29(42)37-26-30(43)40-27(22(17-47-31(26)40)14-15-23-13-8-16-35-38-23)32(44)46-28(20-9-4-2-5-10-20)21-11-6-3-7-12-21/h2-19,26-28,31H,1H3,(H,37,42)(H,34,36,41)/b15-14+,39-25+/t26?,27?,31-/m1/s1. The number of aromatic nitrogens is 3. The molecular weight excluding hydrogens is 655 g/mol. The van der Waals surface area contributed by atoms with Crippen molar-refractivity contribution in [3.05, 3.63) is 124 Å². The number of fused-ring (bicyclic) bond motifs is 1. The van der Waals surface area contributed by atoms with E-state index in [9.17, 15) is 19.2 Å². The predicted octanol–water partition coefficient (Wildman–Crippen LogP) is 3.55. The number of carbonyl (C=O) groups is 4. The summed E-state index contributed by atoms with van der Waals surface area (Å²) in [5.41, 5.74) is 2.55. The summed E-state index contributed by atoms with van der Waals surface area (Å²) in [7, 11) is 1.27. The van der Waals surface area contributed by atoms with Gasteiger partial charge >= 0.3 is 5.97 Å². The van der Waals surface area contributed by atoms with E-state index in [0.717, 1.165) is 22.5 Å². The van der Waals surface area contributed by atoms with E-state index in [-0.39, 0.29) is 16.5 Å². The predicted molar refractivity (Wildman–Crippen MR) is 179 cm³/mol. The molecule has 0 bridgehead atoms. The number of benzene rings is 2. The van der Waals surface area contributed by atoms with Crippen LogP contribution in [0.5, 0.6) is 0 Å². The van der Waals surface area contributed by atoms with Gasteiger partial charge in [0.1, 0.15) is 24.2 Å². The Hall–Kier alpha value is -5.67. The van der Waals surface area contributed by atoms with Gasteiger partial charge in [-0.1, -0.05) is 71.9 Å². The first-order valence-corrected chi connectivity index (χ1v) is 16.3. The SMILES string of the molecule is CO/N=C(/C(=O)NC1C(=O)N2C(C(=O)OC(c3ccccc3)c3ccccc3)C(/C=C/c3cccnn3)=CS[C@H]12)c1csc(NC=O)n1. The fraction of sp³-hybridized carbons (Fsp3) is 0.152. The molecule has 1 saturated heterocycles. The number of oxime groups is 1. The smallest absolute Gasteiger partial charge is 0.334 e. The van der Waals surface area contributed by atoms with Crippen molar-refractivity contribution in [2.75, 3.05) is 12.4 Å². The molecule has 0 saturated carbocycles. The third kappa shape index (κ3) is 6.86. The van der Waals surface area contributed by atoms with E-state index in [1.165, 1.54) is 29.2 Å². The second-order valence-electron chi connectivity index (χ2n) is 10.3. The highest BCUT2D eigenvalue weighted by atomic mass is 32.2. The first-order chi connectivity index (χ1) is 23.5. The molecule has 0 spiro atoms. The monoisotopic (exact) mass is 681 g/mol. The summed E-state index contributed by atoms with van der Waals surface area (Å²) in [5, 5.41) is 19.8. The fourth-order valence-corrected chi connectivity index (χ4v) is 7.00. The van der Waals surface area contributed by atoms with Gasteiger partial charge in [0, 0.05) is 11.6 Å². The zero-order valence-corrected chi connectivity index (χ0v) is 26.8. The average Bonchev–Trinajstić information content (AvgIpc) is 3.59. The zero-order valence-electron chi connectivity index (χ0n) is 25.2. The number of nitrogens with zero attached hydrogens (tertiary/aromatic N) is 5. The molecule has 4 aromatic rings. The fourth-order valence-electron chi connectivity index (χ4n) is 5.14. The lowest BCUT2D eigenvalue weighted by atomic mass is 9.96. The Morgan fingerprint density at radius 3 is 2.40 bits per heavy atom. The summed E-state index contributed by atoms with van der Waals surface area (Å²) in [6, 6.07) is 20.1. The summed E-state index contributed by atoms with van der Waals surface area (Å²) in [6.07, 6.45) is 4.68. The topological polar surface area (TPSA) is 165 Å². The van der Waals surface area contributed by atoms with E-state index < -0.39 is 41.3 Å². The molecule has 15 heteroatoms. The summed E-state index contributed by atoms with van der Waals surface area (Å²) < 4.78 is 6.21. The molecule has 0 radical (unpaired) electrons. The van der Waals surface area contributed by atoms with Crippen LogP contribution in [-0.4, -0.2) is 74.6 Å². The van der Waals surface area contributed by atoms with Crippen LogP contribution in [0.2, 0.25) is 0 Å². The molecule has 2 unspecified atom stereocenters. The van der Waals surface area contributed by atoms with E-state index in [0.29, 0.717) is 17.7 Å². The van der Waals surface area contributed by atoms with Gasteiger partial charge in [-0.3, -0.25) is 14.4 Å². The maximum absolute atomic E-state index is 14.2. The van der Waals surface area contributed by atoms with Crippen LogP contribution in [0.15, 0.2) is 107 Å². The molecule has 242 valence electrons. The van der Waals surface area contributed by atoms with Gasteiger partial charge in [-0.15, -0.1) is 23.1 Å². The summed E-state index contributed by atoms with van der Waals surface area (Å²) >= 11 is 2.36. The minimum Gasteiger partial charge on any atom is -0.451 e. The zero-order chi connectivity index (χ0) is 33.5. The average molecular weight is 682 g/mol. The minimum absolute atomic E-state index is 0.147. The van der Waals surface area contributed by atoms with Crippen molar-refractivity contribution >= 4 is 64.2 Å². The van der Waals surface area contributed by atoms with Gasteiger partial charge < -0.3 is 25.1 Å². The molecular formula is C33H27N7O6S2. The molecule has 4 heterocycles. The van der Waals surface area contributed by atoms with Crippen LogP contribution in [0.1, 0.15) is 28.6 Å². The summed E-state index contributed by atoms with van der Waals surface area (Å²) in [4.78, 5) is 62.6. The molecule has 2 aliphatic heterocycles. The maximum atomic E-state index is 14.2. The number of rotatable bonds is 12. The van der Waals surface area contributed by atoms with E-state index >= 15 is 0 Å². The van der Waals surface area contributed by atoms with Gasteiger partial charge in [-0.25, -0.2) is 9.78 Å². The third-order valence-electron chi connectivity index (χ3n) is 7.33. The van der Waals surface area contributed by atoms with Crippen molar-refractivity contribution in [3.63, 3.8) is 0 Å². The van der Waals surface area contributed by atoms with Crippen LogP contribution in [0.4, 0.5) is 5.13 Å². The molecule has 2 aromatic carbocycles. The number of hydrogen-bond donors (Lipinski definition) is 2. The van der Waals surface area contributed by atoms with Gasteiger partial charge in [-0.05, 0) is 40.3 Å². The van der Waals surface area contributed by atoms with Crippen LogP contribution in [-0.2, 0) is 28.8 Å². The van der Waals surface area contributed by atoms with Gasteiger partial charge in [0.2, 0.25) is 12.3 Å². The first-order valence-electron chi connectivity index (χ1n) is 14.5. The number of amides is 3. The number of nitrogens with one attached hydrogen (secondary N) is 2.